The Labute approximate surface area is 117 Å². The molecule has 1 unspecified atom stereocenters. The highest BCUT2D eigenvalue weighted by molar-refractivity contribution is 8.14. The second-order valence-electron chi connectivity index (χ2n) is 4.42. The van der Waals surface area contributed by atoms with Gasteiger partial charge >= 0.3 is 0 Å². The van der Waals surface area contributed by atoms with Crippen molar-refractivity contribution in [2.24, 2.45) is 4.99 Å². The number of hydrogen-bond acceptors (Lipinski definition) is 4. The molecule has 19 heavy (non-hydrogen) atoms. The summed E-state index contributed by atoms with van der Waals surface area (Å²) in [6.07, 6.45) is 0.720. The molecule has 4 nitrogen and oxygen atoms in total. The maximum absolute atomic E-state index is 12.0. The number of thioether (sulfide) groups is 1. The maximum Gasteiger partial charge on any atom is 0.246 e. The monoisotopic (exact) mass is 278 g/mol. The average Bonchev–Trinajstić information content (AvgIpc) is 2.95. The number of aliphatic hydroxyl groups is 1. The molecular formula is C14H18N2O2S. The first kappa shape index (κ1) is 14.1. The van der Waals surface area contributed by atoms with Crippen LogP contribution >= 0.6 is 11.8 Å². The van der Waals surface area contributed by atoms with Gasteiger partial charge in [0, 0.05) is 11.3 Å². The lowest BCUT2D eigenvalue weighted by Crippen LogP contribution is -2.42. The molecule has 1 aliphatic rings. The Hall–Kier alpha value is -1.33. The van der Waals surface area contributed by atoms with Gasteiger partial charge in [-0.25, -0.2) is 0 Å². The molecule has 0 saturated carbocycles. The molecule has 0 aliphatic carbocycles. The van der Waals surface area contributed by atoms with Crippen molar-refractivity contribution in [3.63, 3.8) is 0 Å². The lowest BCUT2D eigenvalue weighted by molar-refractivity contribution is -0.122. The van der Waals surface area contributed by atoms with Crippen LogP contribution in [-0.2, 0) is 4.79 Å². The predicted octanol–water partition coefficient (Wildman–Crippen LogP) is 1.44. The number of hydrogen-bond donors (Lipinski definition) is 2. The average molecular weight is 278 g/mol. The molecule has 0 fully saturated rings. The van der Waals surface area contributed by atoms with Gasteiger partial charge in [-0.15, -0.1) is 11.8 Å². The van der Waals surface area contributed by atoms with Crippen LogP contribution in [-0.4, -0.2) is 40.5 Å². The molecule has 1 heterocycles. The Bertz CT molecular complexity index is 458. The van der Waals surface area contributed by atoms with Crippen molar-refractivity contribution in [2.75, 3.05) is 12.4 Å². The lowest BCUT2D eigenvalue weighted by Gasteiger charge is -2.15. The van der Waals surface area contributed by atoms with Crippen molar-refractivity contribution < 1.29 is 9.90 Å². The van der Waals surface area contributed by atoms with Crippen molar-refractivity contribution in [1.82, 2.24) is 5.32 Å². The molecule has 2 N–H and O–H groups in total. The normalized spacial score (nSPS) is 19.9. The summed E-state index contributed by atoms with van der Waals surface area (Å²) in [5, 5.41) is 12.8. The lowest BCUT2D eigenvalue weighted by atomic mass is 10.2. The van der Waals surface area contributed by atoms with E-state index in [0.717, 1.165) is 17.0 Å². The first-order valence-corrected chi connectivity index (χ1v) is 7.40. The van der Waals surface area contributed by atoms with Crippen LogP contribution in [0.1, 0.15) is 18.9 Å². The summed E-state index contributed by atoms with van der Waals surface area (Å²) in [6.45, 7) is 1.90. The van der Waals surface area contributed by atoms with Gasteiger partial charge in [-0.05, 0) is 6.42 Å². The number of aliphatic hydroxyl groups excluding tert-OH is 1. The van der Waals surface area contributed by atoms with Gasteiger partial charge in [-0.3, -0.25) is 9.79 Å². The van der Waals surface area contributed by atoms with Crippen LogP contribution in [0.2, 0.25) is 0 Å². The van der Waals surface area contributed by atoms with Crippen molar-refractivity contribution in [3.05, 3.63) is 35.9 Å². The number of nitrogens with zero attached hydrogens (tertiary/aromatic N) is 1. The van der Waals surface area contributed by atoms with Crippen LogP contribution in [0.25, 0.3) is 0 Å². The molecular weight excluding hydrogens is 260 g/mol. The van der Waals surface area contributed by atoms with Crippen LogP contribution in [0.5, 0.6) is 0 Å². The van der Waals surface area contributed by atoms with E-state index in [1.807, 2.05) is 37.3 Å². The van der Waals surface area contributed by atoms with E-state index in [2.05, 4.69) is 10.3 Å². The van der Waals surface area contributed by atoms with Crippen LogP contribution < -0.4 is 5.32 Å². The minimum Gasteiger partial charge on any atom is -0.394 e. The quantitative estimate of drug-likeness (QED) is 0.856. The summed E-state index contributed by atoms with van der Waals surface area (Å²) in [5.41, 5.74) is 1.05. The van der Waals surface area contributed by atoms with E-state index in [4.69, 9.17) is 5.11 Å². The summed E-state index contributed by atoms with van der Waals surface area (Å²) in [6, 6.07) is 9.36. The van der Waals surface area contributed by atoms with Crippen LogP contribution in [0, 0.1) is 0 Å². The molecule has 1 aromatic rings. The molecule has 1 amide bonds. The zero-order chi connectivity index (χ0) is 13.7. The zero-order valence-corrected chi connectivity index (χ0v) is 11.7. The first-order valence-electron chi connectivity index (χ1n) is 6.41. The largest absolute Gasteiger partial charge is 0.394 e. The zero-order valence-electron chi connectivity index (χ0n) is 10.9. The van der Waals surface area contributed by atoms with E-state index in [1.165, 1.54) is 0 Å². The fraction of sp³-hybridized carbons (Fsp3) is 0.429. The second kappa shape index (κ2) is 6.73. The van der Waals surface area contributed by atoms with Gasteiger partial charge in [0.15, 0.2) is 0 Å². The van der Waals surface area contributed by atoms with Gasteiger partial charge in [0.1, 0.15) is 6.04 Å². The Morgan fingerprint density at radius 3 is 2.89 bits per heavy atom. The van der Waals surface area contributed by atoms with Crippen molar-refractivity contribution in [3.8, 4) is 0 Å². The summed E-state index contributed by atoms with van der Waals surface area (Å²) in [7, 11) is 0. The highest BCUT2D eigenvalue weighted by Crippen LogP contribution is 2.23. The number of nitrogens with one attached hydrogen (secondary N) is 1. The molecule has 5 heteroatoms. The summed E-state index contributed by atoms with van der Waals surface area (Å²) >= 11 is 1.60. The Kier molecular flexibility index (Phi) is 4.99. The molecule has 102 valence electrons. The van der Waals surface area contributed by atoms with Crippen LogP contribution in [0.15, 0.2) is 35.3 Å². The third-order valence-electron chi connectivity index (χ3n) is 3.03. The molecule has 0 saturated heterocycles. The number of carbonyl (C=O) groups is 1. The third-order valence-corrected chi connectivity index (χ3v) is 4.13. The molecule has 2 rings (SSSR count). The van der Waals surface area contributed by atoms with E-state index in [0.29, 0.717) is 5.75 Å². The fourth-order valence-electron chi connectivity index (χ4n) is 1.82. The molecule has 0 bridgehead atoms. The minimum absolute atomic E-state index is 0.0304. The Morgan fingerprint density at radius 1 is 1.53 bits per heavy atom. The van der Waals surface area contributed by atoms with Gasteiger partial charge < -0.3 is 10.4 Å². The molecule has 0 radical (unpaired) electrons. The molecule has 2 atom stereocenters. The standard InChI is InChI=1S/C14H18N2O2S/c1-2-11(8-17)15-13(18)12-9-19-14(16-12)10-6-4-3-5-7-10/h3-7,11-12,17H,2,8-9H2,1H3,(H,15,18)/t11-,12?/m1/s1. The SMILES string of the molecule is CC[C@H](CO)NC(=O)C1CSC(c2ccccc2)=N1. The number of aliphatic imine (C=N–C) groups is 1. The fourth-order valence-corrected chi connectivity index (χ4v) is 2.87. The topological polar surface area (TPSA) is 61.7 Å². The molecule has 1 aliphatic heterocycles. The highest BCUT2D eigenvalue weighted by atomic mass is 32.2. The summed E-state index contributed by atoms with van der Waals surface area (Å²) in [4.78, 5) is 16.5. The van der Waals surface area contributed by atoms with Gasteiger partial charge in [0.2, 0.25) is 5.91 Å². The molecule has 0 aromatic heterocycles. The van der Waals surface area contributed by atoms with Crippen molar-refractivity contribution in [2.45, 2.75) is 25.4 Å². The third kappa shape index (κ3) is 3.58. The van der Waals surface area contributed by atoms with Crippen LogP contribution in [0.3, 0.4) is 0 Å². The van der Waals surface area contributed by atoms with Gasteiger partial charge in [-0.1, -0.05) is 37.3 Å². The second-order valence-corrected chi connectivity index (χ2v) is 5.43. The summed E-state index contributed by atoms with van der Waals surface area (Å²) < 4.78 is 0. The van der Waals surface area contributed by atoms with E-state index in [-0.39, 0.29) is 24.6 Å². The predicted molar refractivity (Wildman–Crippen MR) is 78.5 cm³/mol. The molecule has 1 aromatic carbocycles. The van der Waals surface area contributed by atoms with Gasteiger partial charge in [0.05, 0.1) is 17.7 Å². The van der Waals surface area contributed by atoms with Crippen molar-refractivity contribution in [1.29, 1.82) is 0 Å². The summed E-state index contributed by atoms with van der Waals surface area (Å²) in [5.74, 6) is 0.567. The first-order chi connectivity index (χ1) is 9.24. The Balaban J connectivity index is 2.00. The van der Waals surface area contributed by atoms with Crippen molar-refractivity contribution >= 4 is 22.7 Å². The smallest absolute Gasteiger partial charge is 0.246 e. The van der Waals surface area contributed by atoms with Crippen LogP contribution in [0.4, 0.5) is 0 Å². The number of rotatable bonds is 5. The van der Waals surface area contributed by atoms with E-state index >= 15 is 0 Å². The maximum atomic E-state index is 12.0. The number of carbonyl (C=O) groups excluding carboxylic acids is 1. The Morgan fingerprint density at radius 2 is 2.26 bits per heavy atom. The van der Waals surface area contributed by atoms with E-state index < -0.39 is 0 Å². The van der Waals surface area contributed by atoms with Gasteiger partial charge in [-0.2, -0.15) is 0 Å². The molecule has 0 spiro atoms. The minimum atomic E-state index is -0.346. The van der Waals surface area contributed by atoms with E-state index in [1.54, 1.807) is 11.8 Å². The highest BCUT2D eigenvalue weighted by Gasteiger charge is 2.26. The number of amides is 1. The number of benzene rings is 1. The van der Waals surface area contributed by atoms with E-state index in [9.17, 15) is 4.79 Å². The van der Waals surface area contributed by atoms with Gasteiger partial charge in [0.25, 0.3) is 0 Å².